The summed E-state index contributed by atoms with van der Waals surface area (Å²) >= 11 is 1.90. The fourth-order valence-corrected chi connectivity index (χ4v) is 1.24. The van der Waals surface area contributed by atoms with Crippen molar-refractivity contribution in [2.45, 2.75) is 51.9 Å². The van der Waals surface area contributed by atoms with Crippen molar-refractivity contribution in [2.75, 3.05) is 13.2 Å². The third-order valence-electron chi connectivity index (χ3n) is 2.16. The SMILES string of the molecule is [Li][C]#CCCCCCCOCCCC. The van der Waals surface area contributed by atoms with Crippen LogP contribution in [0.25, 0.3) is 0 Å². The summed E-state index contributed by atoms with van der Waals surface area (Å²) in [7, 11) is 0. The van der Waals surface area contributed by atoms with Gasteiger partial charge >= 0.3 is 91.1 Å². The minimum absolute atomic E-state index is 0.942. The molecule has 0 aromatic rings. The Morgan fingerprint density at radius 3 is 2.43 bits per heavy atom. The molecule has 0 saturated carbocycles. The molecule has 0 N–H and O–H groups in total. The van der Waals surface area contributed by atoms with Crippen molar-refractivity contribution in [3.63, 3.8) is 0 Å². The standard InChI is InChI=1S/C12H21O.Li/c1-3-5-7-8-9-10-12-13-11-6-4-2;/h4-12H2,2H3;. The molecule has 0 amide bonds. The van der Waals surface area contributed by atoms with E-state index in [1.807, 2.05) is 17.7 Å². The monoisotopic (exact) mass is 188 g/mol. The number of unbranched alkanes of at least 4 members (excludes halogenated alkanes) is 5. The topological polar surface area (TPSA) is 9.23 Å². The smallest absolute Gasteiger partial charge is 0.0653 e. The first-order chi connectivity index (χ1) is 6.91. The predicted molar refractivity (Wildman–Crippen MR) is 62.3 cm³/mol. The van der Waals surface area contributed by atoms with Crippen LogP contribution in [0.4, 0.5) is 0 Å². The molecular weight excluding hydrogens is 167 g/mol. The summed E-state index contributed by atoms with van der Waals surface area (Å²) in [6.45, 7) is 4.08. The van der Waals surface area contributed by atoms with Gasteiger partial charge in [-0.1, -0.05) is 6.92 Å². The van der Waals surface area contributed by atoms with Gasteiger partial charge in [-0.25, -0.2) is 0 Å². The van der Waals surface area contributed by atoms with Crippen LogP contribution in [0.5, 0.6) is 0 Å². The molecule has 0 radical (unpaired) electrons. The zero-order chi connectivity index (χ0) is 10.5. The average Bonchev–Trinajstić information content (AvgIpc) is 2.21. The Hall–Kier alpha value is 0.117. The van der Waals surface area contributed by atoms with E-state index in [2.05, 4.69) is 17.4 Å². The van der Waals surface area contributed by atoms with E-state index >= 15 is 0 Å². The summed E-state index contributed by atoms with van der Waals surface area (Å²) in [5, 5.41) is 0. The normalized spacial score (nSPS) is 9.64. The Balaban J connectivity index is 2.87. The van der Waals surface area contributed by atoms with Gasteiger partial charge in [0.2, 0.25) is 0 Å². The van der Waals surface area contributed by atoms with Crippen LogP contribution in [-0.2, 0) is 4.74 Å². The zero-order valence-corrected chi connectivity index (χ0v) is 9.77. The molecule has 76 valence electrons. The van der Waals surface area contributed by atoms with Gasteiger partial charge in [-0.2, -0.15) is 0 Å². The molecule has 0 aliphatic carbocycles. The van der Waals surface area contributed by atoms with E-state index in [0.29, 0.717) is 0 Å². The van der Waals surface area contributed by atoms with Gasteiger partial charge in [0.25, 0.3) is 0 Å². The maximum absolute atomic E-state index is 5.47. The van der Waals surface area contributed by atoms with E-state index in [9.17, 15) is 0 Å². The number of ether oxygens (including phenoxy) is 1. The fraction of sp³-hybridized carbons (Fsp3) is 0.833. The Bertz CT molecular complexity index is 157. The van der Waals surface area contributed by atoms with E-state index in [1.54, 1.807) is 0 Å². The van der Waals surface area contributed by atoms with E-state index in [-0.39, 0.29) is 0 Å². The molecule has 0 unspecified atom stereocenters. The third-order valence-corrected chi connectivity index (χ3v) is 2.16. The molecule has 2 heteroatoms. The van der Waals surface area contributed by atoms with E-state index in [4.69, 9.17) is 4.74 Å². The van der Waals surface area contributed by atoms with Crippen LogP contribution in [0.2, 0.25) is 0 Å². The van der Waals surface area contributed by atoms with Crippen LogP contribution in [0.1, 0.15) is 51.9 Å². The summed E-state index contributed by atoms with van der Waals surface area (Å²) in [5.41, 5.74) is 0. The van der Waals surface area contributed by atoms with Crippen LogP contribution < -0.4 is 0 Å². The van der Waals surface area contributed by atoms with Gasteiger partial charge in [-0.15, -0.1) is 0 Å². The third kappa shape index (κ3) is 12.1. The van der Waals surface area contributed by atoms with Crippen molar-refractivity contribution in [1.29, 1.82) is 0 Å². The first-order valence-electron chi connectivity index (χ1n) is 5.89. The summed E-state index contributed by atoms with van der Waals surface area (Å²) in [4.78, 5) is 0. The molecule has 0 aromatic heterocycles. The molecule has 0 saturated heterocycles. The van der Waals surface area contributed by atoms with Gasteiger partial charge in [0, 0.05) is 0 Å². The van der Waals surface area contributed by atoms with Crippen molar-refractivity contribution in [3.05, 3.63) is 0 Å². The summed E-state index contributed by atoms with van der Waals surface area (Å²) in [5.74, 6) is 3.09. The van der Waals surface area contributed by atoms with E-state index < -0.39 is 0 Å². The number of hydrogen-bond acceptors (Lipinski definition) is 1. The minimum Gasteiger partial charge on any atom is -0.0653 e. The first kappa shape index (κ1) is 14.1. The van der Waals surface area contributed by atoms with Crippen molar-refractivity contribution in [3.8, 4) is 10.5 Å². The van der Waals surface area contributed by atoms with Crippen molar-refractivity contribution >= 4 is 17.7 Å². The van der Waals surface area contributed by atoms with Gasteiger partial charge in [0.1, 0.15) is 0 Å². The average molecular weight is 188 g/mol. The molecule has 0 rings (SSSR count). The molecule has 0 aliphatic heterocycles. The van der Waals surface area contributed by atoms with Crippen LogP contribution in [0, 0.1) is 10.5 Å². The Kier molecular flexibility index (Phi) is 13.2. The van der Waals surface area contributed by atoms with Crippen LogP contribution >= 0.6 is 0 Å². The van der Waals surface area contributed by atoms with E-state index in [1.165, 1.54) is 38.5 Å². The van der Waals surface area contributed by atoms with Crippen molar-refractivity contribution < 1.29 is 4.74 Å². The second kappa shape index (κ2) is 13.1. The summed E-state index contributed by atoms with van der Waals surface area (Å²) in [6.07, 6.45) is 8.54. The van der Waals surface area contributed by atoms with Gasteiger partial charge in [0.05, 0.1) is 0 Å². The molecule has 0 bridgehead atoms. The Morgan fingerprint density at radius 2 is 1.71 bits per heavy atom. The van der Waals surface area contributed by atoms with Crippen LogP contribution in [-0.4, -0.2) is 30.9 Å². The predicted octanol–water partition coefficient (Wildman–Crippen LogP) is 2.88. The van der Waals surface area contributed by atoms with Crippen molar-refractivity contribution in [1.82, 2.24) is 0 Å². The molecule has 0 atom stereocenters. The minimum atomic E-state index is 0.942. The summed E-state index contributed by atoms with van der Waals surface area (Å²) < 4.78 is 8.39. The molecule has 1 nitrogen and oxygen atoms in total. The van der Waals surface area contributed by atoms with Gasteiger partial charge in [-0.05, 0) is 0 Å². The Labute approximate surface area is 98.2 Å². The molecule has 0 aromatic carbocycles. The second-order valence-electron chi connectivity index (χ2n) is 3.56. The van der Waals surface area contributed by atoms with Crippen LogP contribution in [0.3, 0.4) is 0 Å². The van der Waals surface area contributed by atoms with Gasteiger partial charge < -0.3 is 0 Å². The second-order valence-corrected chi connectivity index (χ2v) is 3.56. The maximum atomic E-state index is 5.47. The molecule has 0 spiro atoms. The number of rotatable bonds is 9. The zero-order valence-electron chi connectivity index (χ0n) is 9.77. The molecule has 14 heavy (non-hydrogen) atoms. The summed E-state index contributed by atoms with van der Waals surface area (Å²) in [6, 6.07) is 0. The molecule has 0 heterocycles. The Morgan fingerprint density at radius 1 is 1.00 bits per heavy atom. The quantitative estimate of drug-likeness (QED) is 0.307. The molecule has 0 fully saturated rings. The van der Waals surface area contributed by atoms with E-state index in [0.717, 1.165) is 19.6 Å². The van der Waals surface area contributed by atoms with Crippen molar-refractivity contribution in [2.24, 2.45) is 0 Å². The van der Waals surface area contributed by atoms with Crippen LogP contribution in [0.15, 0.2) is 0 Å². The first-order valence-corrected chi connectivity index (χ1v) is 5.89. The number of hydrogen-bond donors (Lipinski definition) is 0. The van der Waals surface area contributed by atoms with Gasteiger partial charge in [0.15, 0.2) is 0 Å². The fourth-order valence-electron chi connectivity index (χ4n) is 1.24. The molecule has 0 aliphatic rings. The van der Waals surface area contributed by atoms with Gasteiger partial charge in [-0.3, -0.25) is 0 Å². The molecular formula is C12H21LiO.